The smallest absolute Gasteiger partial charge is 0.124 e. The second-order valence-electron chi connectivity index (χ2n) is 5.24. The lowest BCUT2D eigenvalue weighted by atomic mass is 10.1. The molecular weight excluding hydrogens is 286 g/mol. The average Bonchev–Trinajstić information content (AvgIpc) is 2.84. The molecule has 0 spiro atoms. The Hall–Kier alpha value is -1.43. The Morgan fingerprint density at radius 1 is 1.24 bits per heavy atom. The van der Waals surface area contributed by atoms with Crippen LogP contribution in [-0.4, -0.2) is 23.8 Å². The summed E-state index contributed by atoms with van der Waals surface area (Å²) in [7, 11) is 1.63. The standard InChI is InChI=1S/C16H21NO3S/c1-5-20-12-8-6-11(7-9-12)15-17-13(10-19-4)14(21-15)16(2,3)18/h6-9,18H,5,10H2,1-4H3. The molecule has 0 aliphatic rings. The first-order valence-corrected chi connectivity index (χ1v) is 7.72. The Balaban J connectivity index is 2.35. The first kappa shape index (κ1) is 15.9. The van der Waals surface area contributed by atoms with Gasteiger partial charge in [0, 0.05) is 12.7 Å². The summed E-state index contributed by atoms with van der Waals surface area (Å²) in [5.74, 6) is 0.845. The van der Waals surface area contributed by atoms with E-state index in [0.717, 1.165) is 26.9 Å². The van der Waals surface area contributed by atoms with Crippen molar-refractivity contribution in [2.45, 2.75) is 33.0 Å². The van der Waals surface area contributed by atoms with E-state index in [4.69, 9.17) is 9.47 Å². The highest BCUT2D eigenvalue weighted by atomic mass is 32.1. The van der Waals surface area contributed by atoms with Crippen molar-refractivity contribution in [2.24, 2.45) is 0 Å². The molecule has 0 unspecified atom stereocenters. The highest BCUT2D eigenvalue weighted by Gasteiger charge is 2.25. The van der Waals surface area contributed by atoms with Gasteiger partial charge in [-0.2, -0.15) is 0 Å². The topological polar surface area (TPSA) is 51.6 Å². The number of aliphatic hydroxyl groups is 1. The fourth-order valence-electron chi connectivity index (χ4n) is 2.05. The lowest BCUT2D eigenvalue weighted by molar-refractivity contribution is 0.0782. The van der Waals surface area contributed by atoms with Gasteiger partial charge in [0.25, 0.3) is 0 Å². The Labute approximate surface area is 129 Å². The third-order valence-electron chi connectivity index (χ3n) is 2.95. The number of methoxy groups -OCH3 is 1. The fraction of sp³-hybridized carbons (Fsp3) is 0.438. The number of benzene rings is 1. The molecule has 21 heavy (non-hydrogen) atoms. The summed E-state index contributed by atoms with van der Waals surface area (Å²) in [6, 6.07) is 7.82. The van der Waals surface area contributed by atoms with E-state index >= 15 is 0 Å². The quantitative estimate of drug-likeness (QED) is 0.886. The zero-order chi connectivity index (χ0) is 15.5. The molecule has 1 N–H and O–H groups in total. The molecule has 0 aliphatic carbocycles. The lowest BCUT2D eigenvalue weighted by Crippen LogP contribution is -2.16. The van der Waals surface area contributed by atoms with E-state index in [-0.39, 0.29) is 0 Å². The molecule has 114 valence electrons. The molecule has 0 fully saturated rings. The van der Waals surface area contributed by atoms with Gasteiger partial charge in [0.2, 0.25) is 0 Å². The number of hydrogen-bond acceptors (Lipinski definition) is 5. The molecule has 0 atom stereocenters. The number of rotatable bonds is 6. The van der Waals surface area contributed by atoms with Crippen molar-refractivity contribution in [1.82, 2.24) is 4.98 Å². The van der Waals surface area contributed by atoms with E-state index in [1.807, 2.05) is 31.2 Å². The first-order chi connectivity index (χ1) is 9.95. The number of ether oxygens (including phenoxy) is 2. The van der Waals surface area contributed by atoms with Crippen LogP contribution in [0.1, 0.15) is 31.3 Å². The van der Waals surface area contributed by atoms with Crippen LogP contribution in [-0.2, 0) is 16.9 Å². The van der Waals surface area contributed by atoms with E-state index < -0.39 is 5.60 Å². The molecule has 1 heterocycles. The number of hydrogen-bond donors (Lipinski definition) is 1. The van der Waals surface area contributed by atoms with Crippen LogP contribution in [0.2, 0.25) is 0 Å². The van der Waals surface area contributed by atoms with Crippen molar-refractivity contribution in [2.75, 3.05) is 13.7 Å². The maximum atomic E-state index is 10.3. The Morgan fingerprint density at radius 3 is 2.43 bits per heavy atom. The second-order valence-corrected chi connectivity index (χ2v) is 6.24. The summed E-state index contributed by atoms with van der Waals surface area (Å²) < 4.78 is 10.6. The van der Waals surface area contributed by atoms with Crippen LogP contribution in [0.5, 0.6) is 5.75 Å². The third kappa shape index (κ3) is 3.81. The SMILES string of the molecule is CCOc1ccc(-c2nc(COC)c(C(C)(C)O)s2)cc1. The van der Waals surface area contributed by atoms with Crippen molar-refractivity contribution in [1.29, 1.82) is 0 Å². The Morgan fingerprint density at radius 2 is 1.90 bits per heavy atom. The van der Waals surface area contributed by atoms with Gasteiger partial charge in [-0.05, 0) is 45.0 Å². The first-order valence-electron chi connectivity index (χ1n) is 6.90. The number of aromatic nitrogens is 1. The van der Waals surface area contributed by atoms with Gasteiger partial charge in [-0.1, -0.05) is 0 Å². The predicted octanol–water partition coefficient (Wildman–Crippen LogP) is 3.58. The number of thiazole rings is 1. The van der Waals surface area contributed by atoms with Gasteiger partial charge in [0.1, 0.15) is 10.8 Å². The van der Waals surface area contributed by atoms with E-state index in [1.54, 1.807) is 21.0 Å². The molecule has 0 aliphatic heterocycles. The van der Waals surface area contributed by atoms with Gasteiger partial charge >= 0.3 is 0 Å². The van der Waals surface area contributed by atoms with Crippen LogP contribution in [0.25, 0.3) is 10.6 Å². The van der Waals surface area contributed by atoms with Crippen LogP contribution < -0.4 is 4.74 Å². The minimum Gasteiger partial charge on any atom is -0.494 e. The van der Waals surface area contributed by atoms with Gasteiger partial charge in [-0.3, -0.25) is 0 Å². The summed E-state index contributed by atoms with van der Waals surface area (Å²) in [5, 5.41) is 11.1. The summed E-state index contributed by atoms with van der Waals surface area (Å²) in [4.78, 5) is 5.45. The van der Waals surface area contributed by atoms with Crippen LogP contribution in [0.15, 0.2) is 24.3 Å². The number of nitrogens with zero attached hydrogens (tertiary/aromatic N) is 1. The molecule has 2 aromatic rings. The minimum atomic E-state index is -0.922. The molecule has 0 saturated heterocycles. The molecule has 1 aromatic heterocycles. The largest absolute Gasteiger partial charge is 0.494 e. The molecule has 0 amide bonds. The van der Waals surface area contributed by atoms with Crippen molar-refractivity contribution in [3.05, 3.63) is 34.8 Å². The highest BCUT2D eigenvalue weighted by molar-refractivity contribution is 7.15. The van der Waals surface area contributed by atoms with Crippen molar-refractivity contribution >= 4 is 11.3 Å². The van der Waals surface area contributed by atoms with Gasteiger partial charge < -0.3 is 14.6 Å². The third-order valence-corrected chi connectivity index (χ3v) is 4.41. The van der Waals surface area contributed by atoms with Gasteiger partial charge in [0.05, 0.1) is 29.4 Å². The molecule has 5 heteroatoms. The highest BCUT2D eigenvalue weighted by Crippen LogP contribution is 2.35. The summed E-state index contributed by atoms with van der Waals surface area (Å²) in [5.41, 5.74) is 0.880. The Bertz CT molecular complexity index is 585. The molecule has 1 aromatic carbocycles. The van der Waals surface area contributed by atoms with E-state index in [9.17, 15) is 5.11 Å². The summed E-state index contributed by atoms with van der Waals surface area (Å²) >= 11 is 1.50. The zero-order valence-electron chi connectivity index (χ0n) is 12.8. The molecule has 2 rings (SSSR count). The molecular formula is C16H21NO3S. The molecule has 4 nitrogen and oxygen atoms in total. The van der Waals surface area contributed by atoms with Gasteiger partial charge in [-0.15, -0.1) is 11.3 Å². The average molecular weight is 307 g/mol. The fourth-order valence-corrected chi connectivity index (χ4v) is 3.12. The van der Waals surface area contributed by atoms with Crippen molar-refractivity contribution < 1.29 is 14.6 Å². The summed E-state index contributed by atoms with van der Waals surface area (Å²) in [6.07, 6.45) is 0. The van der Waals surface area contributed by atoms with Crippen molar-refractivity contribution in [3.8, 4) is 16.3 Å². The van der Waals surface area contributed by atoms with E-state index in [1.165, 1.54) is 11.3 Å². The second kappa shape index (κ2) is 6.56. The molecule has 0 bridgehead atoms. The van der Waals surface area contributed by atoms with Crippen LogP contribution in [0.3, 0.4) is 0 Å². The Kier molecular flexibility index (Phi) is 4.98. The monoisotopic (exact) mass is 307 g/mol. The summed E-state index contributed by atoms with van der Waals surface area (Å²) in [6.45, 7) is 6.54. The minimum absolute atomic E-state index is 0.396. The van der Waals surface area contributed by atoms with Gasteiger partial charge in [0.15, 0.2) is 0 Å². The normalized spacial score (nSPS) is 11.7. The molecule has 0 saturated carbocycles. The zero-order valence-corrected chi connectivity index (χ0v) is 13.7. The lowest BCUT2D eigenvalue weighted by Gasteiger charge is -2.16. The maximum Gasteiger partial charge on any atom is 0.124 e. The van der Waals surface area contributed by atoms with E-state index in [0.29, 0.717) is 13.2 Å². The van der Waals surface area contributed by atoms with Gasteiger partial charge in [-0.25, -0.2) is 4.98 Å². The van der Waals surface area contributed by atoms with E-state index in [2.05, 4.69) is 4.98 Å². The van der Waals surface area contributed by atoms with Crippen LogP contribution in [0.4, 0.5) is 0 Å². The van der Waals surface area contributed by atoms with Crippen molar-refractivity contribution in [3.63, 3.8) is 0 Å². The van der Waals surface area contributed by atoms with Crippen LogP contribution in [0, 0.1) is 0 Å². The maximum absolute atomic E-state index is 10.3. The molecule has 0 radical (unpaired) electrons. The predicted molar refractivity (Wildman–Crippen MR) is 84.7 cm³/mol. The van der Waals surface area contributed by atoms with Crippen LogP contribution >= 0.6 is 11.3 Å².